The molecule has 2 nitrogen and oxygen atoms in total. The molecule has 0 unspecified atom stereocenters. The molecule has 1 aromatic carbocycles. The first-order valence-electron chi connectivity index (χ1n) is 6.17. The summed E-state index contributed by atoms with van der Waals surface area (Å²) in [6, 6.07) is 8.83. The molecule has 1 aliphatic carbocycles. The minimum absolute atomic E-state index is 0.225. The second-order valence-electron chi connectivity index (χ2n) is 5.08. The average Bonchev–Trinajstić information content (AvgIpc) is 2.17. The van der Waals surface area contributed by atoms with Gasteiger partial charge in [-0.05, 0) is 44.7 Å². The summed E-state index contributed by atoms with van der Waals surface area (Å²) in [6.07, 6.45) is 2.77. The van der Waals surface area contributed by atoms with Crippen LogP contribution in [0.25, 0.3) is 0 Å². The van der Waals surface area contributed by atoms with Gasteiger partial charge in [0.2, 0.25) is 0 Å². The van der Waals surface area contributed by atoms with Gasteiger partial charge in [-0.15, -0.1) is 0 Å². The van der Waals surface area contributed by atoms with Gasteiger partial charge in [-0.2, -0.15) is 0 Å². The van der Waals surface area contributed by atoms with E-state index in [1.807, 2.05) is 12.1 Å². The second-order valence-corrected chi connectivity index (χ2v) is 5.08. The summed E-state index contributed by atoms with van der Waals surface area (Å²) in [6.45, 7) is 6.42. The van der Waals surface area contributed by atoms with Crippen LogP contribution in [0.4, 0.5) is 5.69 Å². The van der Waals surface area contributed by atoms with E-state index >= 15 is 0 Å². The molecule has 0 aromatic heterocycles. The fourth-order valence-corrected chi connectivity index (χ4v) is 2.18. The maximum Gasteiger partial charge on any atom is 0.142 e. The Morgan fingerprint density at radius 3 is 2.56 bits per heavy atom. The van der Waals surface area contributed by atoms with Crippen LogP contribution in [-0.4, -0.2) is 12.1 Å². The Balaban J connectivity index is 2.01. The highest BCUT2D eigenvalue weighted by Gasteiger charge is 2.25. The third kappa shape index (κ3) is 2.69. The third-order valence-corrected chi connectivity index (χ3v) is 2.98. The number of anilines is 1. The molecular weight excluding hydrogens is 198 g/mol. The van der Waals surface area contributed by atoms with E-state index in [4.69, 9.17) is 4.74 Å². The maximum atomic E-state index is 5.78. The van der Waals surface area contributed by atoms with Gasteiger partial charge in [0, 0.05) is 6.04 Å². The van der Waals surface area contributed by atoms with Gasteiger partial charge in [0.25, 0.3) is 0 Å². The Hall–Kier alpha value is -1.18. The fraction of sp³-hybridized carbons (Fsp3) is 0.571. The summed E-state index contributed by atoms with van der Waals surface area (Å²) >= 11 is 0. The lowest BCUT2D eigenvalue weighted by Crippen LogP contribution is -2.33. The zero-order chi connectivity index (χ0) is 11.5. The second kappa shape index (κ2) is 4.77. The molecule has 0 amide bonds. The summed E-state index contributed by atoms with van der Waals surface area (Å²) in [7, 11) is 0. The lowest BCUT2D eigenvalue weighted by atomic mass is 9.82. The summed E-state index contributed by atoms with van der Waals surface area (Å²) < 4.78 is 5.78. The Morgan fingerprint density at radius 1 is 1.25 bits per heavy atom. The minimum Gasteiger partial charge on any atom is -0.489 e. The summed E-state index contributed by atoms with van der Waals surface area (Å²) in [5, 5.41) is 3.56. The first-order valence-corrected chi connectivity index (χ1v) is 6.17. The quantitative estimate of drug-likeness (QED) is 0.834. The molecule has 1 aromatic rings. The molecule has 1 fully saturated rings. The van der Waals surface area contributed by atoms with Crippen LogP contribution >= 0.6 is 0 Å². The number of nitrogens with one attached hydrogen (secondary N) is 1. The summed E-state index contributed by atoms with van der Waals surface area (Å²) in [5.74, 6) is 1.84. The predicted octanol–water partition coefficient (Wildman–Crippen LogP) is 3.68. The molecule has 1 saturated carbocycles. The van der Waals surface area contributed by atoms with E-state index in [2.05, 4.69) is 38.2 Å². The Bertz CT molecular complexity index is 342. The SMILES string of the molecule is CC1CC(Nc2ccccc2OC(C)C)C1. The molecule has 0 saturated heterocycles. The maximum absolute atomic E-state index is 5.78. The zero-order valence-electron chi connectivity index (χ0n) is 10.4. The van der Waals surface area contributed by atoms with E-state index in [-0.39, 0.29) is 6.10 Å². The van der Waals surface area contributed by atoms with Crippen molar-refractivity contribution in [3.05, 3.63) is 24.3 Å². The standard InChI is InChI=1S/C14H21NO/c1-10(2)16-14-7-5-4-6-13(14)15-12-8-11(3)9-12/h4-7,10-12,15H,8-9H2,1-3H3. The van der Waals surface area contributed by atoms with Gasteiger partial charge in [0.1, 0.15) is 5.75 Å². The minimum atomic E-state index is 0.225. The van der Waals surface area contributed by atoms with Gasteiger partial charge in [0.05, 0.1) is 11.8 Å². The van der Waals surface area contributed by atoms with Crippen molar-refractivity contribution < 1.29 is 4.74 Å². The highest BCUT2D eigenvalue weighted by molar-refractivity contribution is 5.57. The Labute approximate surface area is 98.0 Å². The molecule has 0 atom stereocenters. The number of ether oxygens (including phenoxy) is 1. The lowest BCUT2D eigenvalue weighted by molar-refractivity contribution is 0.242. The van der Waals surface area contributed by atoms with Crippen molar-refractivity contribution in [1.82, 2.24) is 0 Å². The molecule has 0 bridgehead atoms. The van der Waals surface area contributed by atoms with Crippen LogP contribution in [0, 0.1) is 5.92 Å². The third-order valence-electron chi connectivity index (χ3n) is 2.98. The van der Waals surface area contributed by atoms with Crippen molar-refractivity contribution >= 4 is 5.69 Å². The van der Waals surface area contributed by atoms with Gasteiger partial charge < -0.3 is 10.1 Å². The molecule has 1 aliphatic rings. The molecule has 88 valence electrons. The van der Waals surface area contributed by atoms with Crippen molar-refractivity contribution in [3.8, 4) is 5.75 Å². The predicted molar refractivity (Wildman–Crippen MR) is 68.0 cm³/mol. The van der Waals surface area contributed by atoms with Crippen LogP contribution < -0.4 is 10.1 Å². The molecule has 2 heteroatoms. The van der Waals surface area contributed by atoms with E-state index in [0.717, 1.165) is 17.4 Å². The summed E-state index contributed by atoms with van der Waals surface area (Å²) in [5.41, 5.74) is 1.13. The highest BCUT2D eigenvalue weighted by atomic mass is 16.5. The first kappa shape index (κ1) is 11.3. The summed E-state index contributed by atoms with van der Waals surface area (Å²) in [4.78, 5) is 0. The van der Waals surface area contributed by atoms with Crippen LogP contribution in [0.2, 0.25) is 0 Å². The van der Waals surface area contributed by atoms with E-state index in [9.17, 15) is 0 Å². The van der Waals surface area contributed by atoms with Gasteiger partial charge >= 0.3 is 0 Å². The molecule has 0 radical (unpaired) electrons. The van der Waals surface area contributed by atoms with Gasteiger partial charge in [0.15, 0.2) is 0 Å². The van der Waals surface area contributed by atoms with Crippen LogP contribution in [-0.2, 0) is 0 Å². The van der Waals surface area contributed by atoms with Crippen LogP contribution in [0.1, 0.15) is 33.6 Å². The van der Waals surface area contributed by atoms with Crippen molar-refractivity contribution in [2.24, 2.45) is 5.92 Å². The van der Waals surface area contributed by atoms with Crippen molar-refractivity contribution in [1.29, 1.82) is 0 Å². The van der Waals surface area contributed by atoms with Gasteiger partial charge in [-0.3, -0.25) is 0 Å². The van der Waals surface area contributed by atoms with E-state index in [1.165, 1.54) is 12.8 Å². The van der Waals surface area contributed by atoms with Crippen molar-refractivity contribution in [2.75, 3.05) is 5.32 Å². The number of para-hydroxylation sites is 2. The molecule has 1 N–H and O–H groups in total. The largest absolute Gasteiger partial charge is 0.489 e. The van der Waals surface area contributed by atoms with Crippen molar-refractivity contribution in [3.63, 3.8) is 0 Å². The average molecular weight is 219 g/mol. The first-order chi connectivity index (χ1) is 7.65. The Morgan fingerprint density at radius 2 is 1.94 bits per heavy atom. The normalized spacial score (nSPS) is 24.0. The van der Waals surface area contributed by atoms with Crippen LogP contribution in [0.15, 0.2) is 24.3 Å². The molecule has 2 rings (SSSR count). The Kier molecular flexibility index (Phi) is 3.37. The van der Waals surface area contributed by atoms with Crippen LogP contribution in [0.3, 0.4) is 0 Å². The smallest absolute Gasteiger partial charge is 0.142 e. The molecule has 0 spiro atoms. The van der Waals surface area contributed by atoms with E-state index in [0.29, 0.717) is 6.04 Å². The molecule has 16 heavy (non-hydrogen) atoms. The monoisotopic (exact) mass is 219 g/mol. The number of benzene rings is 1. The molecular formula is C14H21NO. The van der Waals surface area contributed by atoms with E-state index < -0.39 is 0 Å². The van der Waals surface area contributed by atoms with Crippen molar-refractivity contribution in [2.45, 2.75) is 45.8 Å². The molecule has 0 heterocycles. The lowest BCUT2D eigenvalue weighted by Gasteiger charge is -2.34. The molecule has 0 aliphatic heterocycles. The van der Waals surface area contributed by atoms with Gasteiger partial charge in [-0.25, -0.2) is 0 Å². The van der Waals surface area contributed by atoms with E-state index in [1.54, 1.807) is 0 Å². The topological polar surface area (TPSA) is 21.3 Å². The van der Waals surface area contributed by atoms with Crippen LogP contribution in [0.5, 0.6) is 5.75 Å². The fourth-order valence-electron chi connectivity index (χ4n) is 2.18. The number of hydrogen-bond donors (Lipinski definition) is 1. The van der Waals surface area contributed by atoms with Gasteiger partial charge in [-0.1, -0.05) is 19.1 Å². The highest BCUT2D eigenvalue weighted by Crippen LogP contribution is 2.33. The number of hydrogen-bond acceptors (Lipinski definition) is 2. The number of rotatable bonds is 4. The zero-order valence-corrected chi connectivity index (χ0v) is 10.4.